The van der Waals surface area contributed by atoms with E-state index in [2.05, 4.69) is 4.98 Å². The van der Waals surface area contributed by atoms with Gasteiger partial charge in [0.1, 0.15) is 12.1 Å². The Labute approximate surface area is 135 Å². The van der Waals surface area contributed by atoms with Crippen molar-refractivity contribution in [2.24, 2.45) is 0 Å². The molecule has 1 heterocycles. The normalized spacial score (nSPS) is 11.6. The summed E-state index contributed by atoms with van der Waals surface area (Å²) in [5.74, 6) is 0.212. The zero-order valence-corrected chi connectivity index (χ0v) is 13.5. The number of rotatable bonds is 3. The van der Waals surface area contributed by atoms with E-state index in [0.29, 0.717) is 22.6 Å². The highest BCUT2D eigenvalue weighted by molar-refractivity contribution is 6.01. The largest absolute Gasteiger partial charge is 0.457 e. The van der Waals surface area contributed by atoms with Gasteiger partial charge in [0.15, 0.2) is 5.58 Å². The van der Waals surface area contributed by atoms with Gasteiger partial charge in [0.2, 0.25) is 5.89 Å². The summed E-state index contributed by atoms with van der Waals surface area (Å²) >= 11 is 0. The van der Waals surface area contributed by atoms with Crippen LogP contribution >= 0.6 is 0 Å². The Morgan fingerprint density at radius 3 is 2.52 bits per heavy atom. The van der Waals surface area contributed by atoms with Gasteiger partial charge >= 0.3 is 5.97 Å². The summed E-state index contributed by atoms with van der Waals surface area (Å²) < 4.78 is 11.2. The molecule has 0 saturated carbocycles. The standard InChI is InChI=1S/C19H19NO3/c1-19(2,3)18-20-16-14(10-7-11-15(16)23-18)17(21)22-12-13-8-5-4-6-9-13/h4-11H,12H2,1-3H3. The van der Waals surface area contributed by atoms with Crippen LogP contribution in [-0.4, -0.2) is 11.0 Å². The molecule has 0 aliphatic rings. The van der Waals surface area contributed by atoms with E-state index >= 15 is 0 Å². The lowest BCUT2D eigenvalue weighted by Gasteiger charge is -2.11. The van der Waals surface area contributed by atoms with Gasteiger partial charge in [-0.05, 0) is 17.7 Å². The molecule has 118 valence electrons. The number of oxazole rings is 1. The highest BCUT2D eigenvalue weighted by Crippen LogP contribution is 2.27. The maximum absolute atomic E-state index is 12.4. The average Bonchev–Trinajstić information content (AvgIpc) is 2.98. The smallest absolute Gasteiger partial charge is 0.340 e. The highest BCUT2D eigenvalue weighted by atomic mass is 16.5. The van der Waals surface area contributed by atoms with Crippen molar-refractivity contribution in [1.82, 2.24) is 4.98 Å². The van der Waals surface area contributed by atoms with Gasteiger partial charge < -0.3 is 9.15 Å². The fraction of sp³-hybridized carbons (Fsp3) is 0.263. The molecule has 3 aromatic rings. The average molecular weight is 309 g/mol. The number of fused-ring (bicyclic) bond motifs is 1. The lowest BCUT2D eigenvalue weighted by atomic mass is 9.97. The monoisotopic (exact) mass is 309 g/mol. The molecule has 0 radical (unpaired) electrons. The number of ether oxygens (including phenoxy) is 1. The number of hydrogen-bond acceptors (Lipinski definition) is 4. The van der Waals surface area contributed by atoms with Crippen LogP contribution in [0.4, 0.5) is 0 Å². The van der Waals surface area contributed by atoms with Gasteiger partial charge in [-0.15, -0.1) is 0 Å². The number of hydrogen-bond donors (Lipinski definition) is 0. The minimum absolute atomic E-state index is 0.218. The van der Waals surface area contributed by atoms with Crippen molar-refractivity contribution in [3.8, 4) is 0 Å². The molecule has 2 aromatic carbocycles. The van der Waals surface area contributed by atoms with Gasteiger partial charge in [0.05, 0.1) is 5.56 Å². The summed E-state index contributed by atoms with van der Waals surface area (Å²) in [6.45, 7) is 6.29. The van der Waals surface area contributed by atoms with Crippen LogP contribution in [0.15, 0.2) is 52.9 Å². The van der Waals surface area contributed by atoms with Gasteiger partial charge in [-0.25, -0.2) is 9.78 Å². The van der Waals surface area contributed by atoms with Crippen LogP contribution in [0.1, 0.15) is 42.6 Å². The van der Waals surface area contributed by atoms with Crippen molar-refractivity contribution in [3.05, 3.63) is 65.5 Å². The van der Waals surface area contributed by atoms with Crippen molar-refractivity contribution in [2.45, 2.75) is 32.8 Å². The molecule has 0 N–H and O–H groups in total. The first-order chi connectivity index (χ1) is 10.9. The summed E-state index contributed by atoms with van der Waals surface area (Å²) in [6, 6.07) is 14.9. The van der Waals surface area contributed by atoms with Crippen LogP contribution < -0.4 is 0 Å². The number of carbonyl (C=O) groups excluding carboxylic acids is 1. The third-order valence-corrected chi connectivity index (χ3v) is 3.49. The first-order valence-electron chi connectivity index (χ1n) is 7.56. The number of nitrogens with zero attached hydrogens (tertiary/aromatic N) is 1. The minimum Gasteiger partial charge on any atom is -0.457 e. The van der Waals surface area contributed by atoms with E-state index < -0.39 is 5.97 Å². The van der Waals surface area contributed by atoms with Gasteiger partial charge in [0.25, 0.3) is 0 Å². The highest BCUT2D eigenvalue weighted by Gasteiger charge is 2.23. The van der Waals surface area contributed by atoms with Crippen molar-refractivity contribution in [2.75, 3.05) is 0 Å². The second-order valence-corrected chi connectivity index (χ2v) is 6.48. The quantitative estimate of drug-likeness (QED) is 0.669. The van der Waals surface area contributed by atoms with Gasteiger partial charge in [-0.2, -0.15) is 0 Å². The van der Waals surface area contributed by atoms with Crippen molar-refractivity contribution in [1.29, 1.82) is 0 Å². The van der Waals surface area contributed by atoms with Crippen LogP contribution in [0.25, 0.3) is 11.1 Å². The Morgan fingerprint density at radius 1 is 1.09 bits per heavy atom. The van der Waals surface area contributed by atoms with Crippen molar-refractivity contribution < 1.29 is 13.9 Å². The molecule has 0 amide bonds. The van der Waals surface area contributed by atoms with E-state index in [-0.39, 0.29) is 12.0 Å². The minimum atomic E-state index is -0.395. The third kappa shape index (κ3) is 3.26. The summed E-state index contributed by atoms with van der Waals surface area (Å²) in [5, 5.41) is 0. The molecule has 0 spiro atoms. The molecule has 0 aliphatic heterocycles. The molecule has 0 atom stereocenters. The van der Waals surface area contributed by atoms with E-state index in [1.807, 2.05) is 57.2 Å². The molecule has 23 heavy (non-hydrogen) atoms. The second kappa shape index (κ2) is 5.88. The summed E-state index contributed by atoms with van der Waals surface area (Å²) in [6.07, 6.45) is 0. The second-order valence-electron chi connectivity index (χ2n) is 6.48. The topological polar surface area (TPSA) is 52.3 Å². The van der Waals surface area contributed by atoms with Gasteiger partial charge in [-0.1, -0.05) is 57.2 Å². The Morgan fingerprint density at radius 2 is 1.83 bits per heavy atom. The number of benzene rings is 2. The number of para-hydroxylation sites is 1. The molecule has 0 fully saturated rings. The Balaban J connectivity index is 1.87. The van der Waals surface area contributed by atoms with Gasteiger partial charge in [-0.3, -0.25) is 0 Å². The molecule has 4 heteroatoms. The SMILES string of the molecule is CC(C)(C)c1nc2c(C(=O)OCc3ccccc3)cccc2o1. The molecule has 0 bridgehead atoms. The predicted molar refractivity (Wildman–Crippen MR) is 88.3 cm³/mol. The van der Waals surface area contributed by atoms with Crippen LogP contribution in [0.5, 0.6) is 0 Å². The van der Waals surface area contributed by atoms with E-state index in [4.69, 9.17) is 9.15 Å². The number of esters is 1. The zero-order chi connectivity index (χ0) is 16.4. The van der Waals surface area contributed by atoms with Crippen LogP contribution in [-0.2, 0) is 16.8 Å². The van der Waals surface area contributed by atoms with Crippen LogP contribution in [0.3, 0.4) is 0 Å². The predicted octanol–water partition coefficient (Wildman–Crippen LogP) is 4.48. The summed E-state index contributed by atoms with van der Waals surface area (Å²) in [4.78, 5) is 16.9. The molecular formula is C19H19NO3. The third-order valence-electron chi connectivity index (χ3n) is 3.49. The maximum Gasteiger partial charge on any atom is 0.340 e. The fourth-order valence-electron chi connectivity index (χ4n) is 2.23. The van der Waals surface area contributed by atoms with E-state index in [1.54, 1.807) is 12.1 Å². The van der Waals surface area contributed by atoms with Crippen molar-refractivity contribution in [3.63, 3.8) is 0 Å². The molecular weight excluding hydrogens is 290 g/mol. The molecule has 0 saturated heterocycles. The molecule has 1 aromatic heterocycles. The number of aromatic nitrogens is 1. The number of carbonyl (C=O) groups is 1. The first-order valence-corrected chi connectivity index (χ1v) is 7.56. The van der Waals surface area contributed by atoms with Crippen LogP contribution in [0, 0.1) is 0 Å². The molecule has 0 aliphatic carbocycles. The molecule has 3 rings (SSSR count). The Bertz CT molecular complexity index is 829. The lowest BCUT2D eigenvalue weighted by molar-refractivity contribution is 0.0475. The zero-order valence-electron chi connectivity index (χ0n) is 13.5. The van der Waals surface area contributed by atoms with Gasteiger partial charge in [0, 0.05) is 5.41 Å². The first kappa shape index (κ1) is 15.3. The molecule has 0 unspecified atom stereocenters. The van der Waals surface area contributed by atoms with E-state index in [9.17, 15) is 4.79 Å². The van der Waals surface area contributed by atoms with E-state index in [1.165, 1.54) is 0 Å². The van der Waals surface area contributed by atoms with Crippen LogP contribution in [0.2, 0.25) is 0 Å². The summed E-state index contributed by atoms with van der Waals surface area (Å²) in [7, 11) is 0. The lowest BCUT2D eigenvalue weighted by Crippen LogP contribution is -2.11. The Kier molecular flexibility index (Phi) is 3.90. The Hall–Kier alpha value is -2.62. The fourth-order valence-corrected chi connectivity index (χ4v) is 2.23. The van der Waals surface area contributed by atoms with E-state index in [0.717, 1.165) is 5.56 Å². The maximum atomic E-state index is 12.4. The molecule has 4 nitrogen and oxygen atoms in total. The van der Waals surface area contributed by atoms with Crippen molar-refractivity contribution >= 4 is 17.1 Å². The summed E-state index contributed by atoms with van der Waals surface area (Å²) in [5.41, 5.74) is 2.31.